The molecule has 0 radical (unpaired) electrons. The molecule has 0 fully saturated rings. The third kappa shape index (κ3) is 4.92. The Morgan fingerprint density at radius 2 is 1.04 bits per heavy atom. The van der Waals surface area contributed by atoms with Gasteiger partial charge in [-0.1, -0.05) is 92.6 Å². The maximum atomic E-state index is 3.60. The summed E-state index contributed by atoms with van der Waals surface area (Å²) in [5, 5.41) is 4.23. The summed E-state index contributed by atoms with van der Waals surface area (Å²) < 4.78 is 0. The van der Waals surface area contributed by atoms with Gasteiger partial charge in [0, 0.05) is 6.42 Å². The van der Waals surface area contributed by atoms with Crippen molar-refractivity contribution in [1.29, 1.82) is 0 Å². The zero-order valence-corrected chi connectivity index (χ0v) is 17.7. The summed E-state index contributed by atoms with van der Waals surface area (Å²) in [6, 6.07) is 33.0. The van der Waals surface area contributed by atoms with E-state index >= 15 is 0 Å². The van der Waals surface area contributed by atoms with E-state index in [2.05, 4.69) is 110 Å². The van der Waals surface area contributed by atoms with Crippen LogP contribution in [-0.4, -0.2) is 6.16 Å². The lowest BCUT2D eigenvalue weighted by molar-refractivity contribution is 0.679. The first kappa shape index (κ1) is 20.4. The molecule has 0 saturated heterocycles. The molecular formula is C27H30P+. The summed E-state index contributed by atoms with van der Waals surface area (Å²) in [5.74, 6) is 7.08. The third-order valence-electron chi connectivity index (χ3n) is 5.19. The van der Waals surface area contributed by atoms with Crippen LogP contribution in [0.1, 0.15) is 39.0 Å². The first-order valence-corrected chi connectivity index (χ1v) is 12.4. The van der Waals surface area contributed by atoms with Gasteiger partial charge in [0.25, 0.3) is 0 Å². The summed E-state index contributed by atoms with van der Waals surface area (Å²) in [5.41, 5.74) is 0. The Morgan fingerprint density at radius 1 is 0.571 bits per heavy atom. The largest absolute Gasteiger partial charge is 0.133 e. The molecule has 3 aromatic carbocycles. The van der Waals surface area contributed by atoms with Crippen molar-refractivity contribution < 1.29 is 0 Å². The van der Waals surface area contributed by atoms with Gasteiger partial charge in [0.2, 0.25) is 0 Å². The summed E-state index contributed by atoms with van der Waals surface area (Å²) in [6.07, 6.45) is 7.02. The topological polar surface area (TPSA) is 0 Å². The van der Waals surface area contributed by atoms with E-state index in [-0.39, 0.29) is 0 Å². The average molecular weight is 386 g/mol. The van der Waals surface area contributed by atoms with Gasteiger partial charge in [0.05, 0.1) is 0 Å². The summed E-state index contributed by atoms with van der Waals surface area (Å²) in [4.78, 5) is 0. The lowest BCUT2D eigenvalue weighted by Crippen LogP contribution is -2.33. The van der Waals surface area contributed by atoms with Crippen LogP contribution in [-0.2, 0) is 0 Å². The third-order valence-corrected chi connectivity index (χ3v) is 9.36. The molecule has 0 amide bonds. The van der Waals surface area contributed by atoms with E-state index in [4.69, 9.17) is 0 Å². The van der Waals surface area contributed by atoms with Crippen LogP contribution in [0.25, 0.3) is 0 Å². The highest BCUT2D eigenvalue weighted by Gasteiger charge is 2.44. The molecule has 0 N–H and O–H groups in total. The zero-order chi connectivity index (χ0) is 19.5. The Morgan fingerprint density at radius 3 is 1.46 bits per heavy atom. The van der Waals surface area contributed by atoms with Crippen molar-refractivity contribution in [2.24, 2.45) is 0 Å². The first-order valence-electron chi connectivity index (χ1n) is 10.4. The molecule has 1 heteroatoms. The van der Waals surface area contributed by atoms with Crippen molar-refractivity contribution in [1.82, 2.24) is 0 Å². The molecule has 3 rings (SSSR count). The first-order chi connectivity index (χ1) is 13.9. The van der Waals surface area contributed by atoms with Crippen molar-refractivity contribution in [3.05, 3.63) is 91.0 Å². The van der Waals surface area contributed by atoms with Crippen molar-refractivity contribution >= 4 is 23.2 Å². The second kappa shape index (κ2) is 10.8. The Kier molecular flexibility index (Phi) is 7.90. The van der Waals surface area contributed by atoms with Crippen LogP contribution in [0.2, 0.25) is 0 Å². The molecular weight excluding hydrogens is 355 g/mol. The van der Waals surface area contributed by atoms with E-state index in [0.717, 1.165) is 12.6 Å². The molecule has 0 atom stereocenters. The van der Waals surface area contributed by atoms with Gasteiger partial charge >= 0.3 is 0 Å². The Labute approximate surface area is 171 Å². The van der Waals surface area contributed by atoms with Gasteiger partial charge in [0.1, 0.15) is 29.3 Å². The van der Waals surface area contributed by atoms with Gasteiger partial charge < -0.3 is 0 Å². The minimum absolute atomic E-state index is 0.902. The molecule has 0 heterocycles. The van der Waals surface area contributed by atoms with Crippen LogP contribution in [0.3, 0.4) is 0 Å². The fourth-order valence-corrected chi connectivity index (χ4v) is 7.51. The molecule has 0 unspecified atom stereocenters. The number of hydrogen-bond donors (Lipinski definition) is 0. The molecule has 0 nitrogen and oxygen atoms in total. The van der Waals surface area contributed by atoms with Gasteiger partial charge in [-0.25, -0.2) is 0 Å². The quantitative estimate of drug-likeness (QED) is 0.255. The van der Waals surface area contributed by atoms with Gasteiger partial charge in [-0.3, -0.25) is 0 Å². The monoisotopic (exact) mass is 385 g/mol. The van der Waals surface area contributed by atoms with E-state index in [0.29, 0.717) is 0 Å². The minimum atomic E-state index is -1.79. The van der Waals surface area contributed by atoms with Gasteiger partial charge in [-0.05, 0) is 42.8 Å². The molecule has 0 aliphatic rings. The van der Waals surface area contributed by atoms with Gasteiger partial charge in [-0.15, -0.1) is 0 Å². The average Bonchev–Trinajstić information content (AvgIpc) is 2.78. The zero-order valence-electron chi connectivity index (χ0n) is 16.9. The standard InChI is InChI=1S/C27H30P/c1-2-3-4-5-6-7-17-24-28(25-18-11-8-12-19-25,26-20-13-9-14-21-26)27-22-15-10-16-23-27/h8-16,18-23H,2-6,24H2,1H3/q+1. The summed E-state index contributed by atoms with van der Waals surface area (Å²) in [6.45, 7) is 2.25. The van der Waals surface area contributed by atoms with Crippen LogP contribution in [0.15, 0.2) is 91.0 Å². The number of benzene rings is 3. The predicted molar refractivity (Wildman–Crippen MR) is 127 cm³/mol. The fraction of sp³-hybridized carbons (Fsp3) is 0.259. The van der Waals surface area contributed by atoms with E-state index in [1.807, 2.05) is 0 Å². The van der Waals surface area contributed by atoms with Gasteiger partial charge in [-0.2, -0.15) is 0 Å². The molecule has 28 heavy (non-hydrogen) atoms. The highest BCUT2D eigenvalue weighted by molar-refractivity contribution is 7.95. The van der Waals surface area contributed by atoms with E-state index in [1.165, 1.54) is 41.6 Å². The van der Waals surface area contributed by atoms with Crippen LogP contribution >= 0.6 is 7.26 Å². The van der Waals surface area contributed by atoms with Crippen molar-refractivity contribution in [3.8, 4) is 11.8 Å². The van der Waals surface area contributed by atoms with E-state index in [1.54, 1.807) is 0 Å². The maximum absolute atomic E-state index is 3.60. The van der Waals surface area contributed by atoms with Crippen LogP contribution in [0.4, 0.5) is 0 Å². The van der Waals surface area contributed by atoms with Crippen LogP contribution in [0.5, 0.6) is 0 Å². The normalized spacial score (nSPS) is 10.9. The Hall–Kier alpha value is -2.35. The van der Waals surface area contributed by atoms with E-state index < -0.39 is 7.26 Å². The summed E-state index contributed by atoms with van der Waals surface area (Å²) >= 11 is 0. The highest BCUT2D eigenvalue weighted by Crippen LogP contribution is 2.54. The van der Waals surface area contributed by atoms with Crippen molar-refractivity contribution in [2.45, 2.75) is 39.0 Å². The number of hydrogen-bond acceptors (Lipinski definition) is 0. The minimum Gasteiger partial charge on any atom is -0.0995 e. The molecule has 0 aliphatic heterocycles. The number of unbranched alkanes of at least 4 members (excludes halogenated alkanes) is 4. The second-order valence-corrected chi connectivity index (χ2v) is 10.6. The lowest BCUT2D eigenvalue weighted by atomic mass is 10.2. The smallest absolute Gasteiger partial charge is 0.0995 e. The molecule has 0 aromatic heterocycles. The second-order valence-electron chi connectivity index (χ2n) is 7.14. The molecule has 0 bridgehead atoms. The Bertz CT molecular complexity index is 776. The highest BCUT2D eigenvalue weighted by atomic mass is 31.2. The van der Waals surface area contributed by atoms with E-state index in [9.17, 15) is 0 Å². The van der Waals surface area contributed by atoms with Crippen molar-refractivity contribution in [3.63, 3.8) is 0 Å². The fourth-order valence-electron chi connectivity index (χ4n) is 3.67. The number of rotatable bonds is 8. The molecule has 0 aliphatic carbocycles. The van der Waals surface area contributed by atoms with Crippen LogP contribution in [0, 0.1) is 11.8 Å². The molecule has 0 spiro atoms. The molecule has 3 aromatic rings. The molecule has 142 valence electrons. The van der Waals surface area contributed by atoms with Gasteiger partial charge in [0.15, 0.2) is 0 Å². The predicted octanol–water partition coefficient (Wildman–Crippen LogP) is 5.95. The Balaban J connectivity index is 2.01. The SMILES string of the molecule is CCCCCCC#CC[P+](c1ccccc1)(c1ccccc1)c1ccccc1. The van der Waals surface area contributed by atoms with Crippen LogP contribution < -0.4 is 15.9 Å². The maximum Gasteiger partial charge on any atom is 0.133 e. The van der Waals surface area contributed by atoms with Crippen molar-refractivity contribution in [2.75, 3.05) is 6.16 Å². The summed E-state index contributed by atoms with van der Waals surface area (Å²) in [7, 11) is -1.79. The molecule has 0 saturated carbocycles. The lowest BCUT2D eigenvalue weighted by Gasteiger charge is -2.25.